The number of nitrogens with zero attached hydrogens (tertiary/aromatic N) is 2. The molecule has 126 valence electrons. The van der Waals surface area contributed by atoms with Crippen LogP contribution < -0.4 is 5.32 Å². The normalized spacial score (nSPS) is 13.0. The molecule has 0 saturated heterocycles. The fourth-order valence-electron chi connectivity index (χ4n) is 2.66. The number of hydrogen-bond donors (Lipinski definition) is 1. The third-order valence-corrected chi connectivity index (χ3v) is 3.99. The van der Waals surface area contributed by atoms with Crippen molar-refractivity contribution in [2.75, 3.05) is 0 Å². The van der Waals surface area contributed by atoms with E-state index >= 15 is 0 Å². The fraction of sp³-hybridized carbons (Fsp3) is 0.778. The largest absolute Gasteiger partial charge is 0.353 e. The second-order valence-corrected chi connectivity index (χ2v) is 7.34. The molecule has 0 aromatic carbocycles. The van der Waals surface area contributed by atoms with Crippen LogP contribution in [0.15, 0.2) is 0 Å². The number of aryl methyl sites for hydroxylation is 1. The lowest BCUT2D eigenvalue weighted by atomic mass is 10.0. The number of nitrogens with one attached hydrogen (secondary N) is 1. The highest BCUT2D eigenvalue weighted by Gasteiger charge is 2.16. The summed E-state index contributed by atoms with van der Waals surface area (Å²) in [4.78, 5) is 12.3. The summed E-state index contributed by atoms with van der Waals surface area (Å²) in [6.07, 6.45) is 2.61. The van der Waals surface area contributed by atoms with Crippen LogP contribution >= 0.6 is 0 Å². The molecule has 0 aliphatic heterocycles. The Balaban J connectivity index is 2.62. The van der Waals surface area contributed by atoms with Crippen LogP contribution in [0, 0.1) is 25.7 Å². The standard InChI is InChI=1S/C18H33N3O/c1-12(2)8-9-14(5)19-18(22)10-17-15(6)20-21(16(17)7)11-13(3)4/h12-14H,8-11H2,1-7H3,(H,19,22). The molecule has 0 saturated carbocycles. The molecule has 22 heavy (non-hydrogen) atoms. The Morgan fingerprint density at radius 1 is 1.09 bits per heavy atom. The predicted octanol–water partition coefficient (Wildman–Crippen LogP) is 3.64. The zero-order valence-corrected chi connectivity index (χ0v) is 15.4. The lowest BCUT2D eigenvalue weighted by Crippen LogP contribution is -2.34. The molecule has 0 bridgehead atoms. The van der Waals surface area contributed by atoms with Gasteiger partial charge >= 0.3 is 0 Å². The summed E-state index contributed by atoms with van der Waals surface area (Å²) >= 11 is 0. The highest BCUT2D eigenvalue weighted by Crippen LogP contribution is 2.15. The van der Waals surface area contributed by atoms with Crippen LogP contribution in [0.2, 0.25) is 0 Å². The van der Waals surface area contributed by atoms with Crippen molar-refractivity contribution >= 4 is 5.91 Å². The van der Waals surface area contributed by atoms with Crippen molar-refractivity contribution in [2.45, 2.75) is 80.3 Å². The van der Waals surface area contributed by atoms with E-state index in [0.29, 0.717) is 18.3 Å². The van der Waals surface area contributed by atoms with Crippen molar-refractivity contribution in [1.82, 2.24) is 15.1 Å². The molecule has 1 amide bonds. The molecule has 4 nitrogen and oxygen atoms in total. The second-order valence-electron chi connectivity index (χ2n) is 7.34. The Hall–Kier alpha value is -1.32. The Morgan fingerprint density at radius 3 is 2.27 bits per heavy atom. The zero-order chi connectivity index (χ0) is 16.9. The maximum absolute atomic E-state index is 12.3. The third kappa shape index (κ3) is 5.82. The summed E-state index contributed by atoms with van der Waals surface area (Å²) in [5, 5.41) is 7.69. The third-order valence-electron chi connectivity index (χ3n) is 3.99. The number of rotatable bonds is 8. The zero-order valence-electron chi connectivity index (χ0n) is 15.4. The molecule has 1 atom stereocenters. The highest BCUT2D eigenvalue weighted by atomic mass is 16.1. The summed E-state index contributed by atoms with van der Waals surface area (Å²) in [5.74, 6) is 1.33. The maximum Gasteiger partial charge on any atom is 0.224 e. The molecule has 1 rings (SSSR count). The van der Waals surface area contributed by atoms with E-state index in [1.165, 1.54) is 0 Å². The molecule has 0 radical (unpaired) electrons. The van der Waals surface area contributed by atoms with Crippen molar-refractivity contribution in [3.63, 3.8) is 0 Å². The topological polar surface area (TPSA) is 46.9 Å². The molecule has 0 aliphatic rings. The summed E-state index contributed by atoms with van der Waals surface area (Å²) in [7, 11) is 0. The SMILES string of the molecule is Cc1nn(CC(C)C)c(C)c1CC(=O)NC(C)CCC(C)C. The van der Waals surface area contributed by atoms with Gasteiger partial charge in [0.25, 0.3) is 0 Å². The Bertz CT molecular complexity index is 489. The first-order valence-electron chi connectivity index (χ1n) is 8.52. The van der Waals surface area contributed by atoms with Gasteiger partial charge in [-0.2, -0.15) is 5.10 Å². The van der Waals surface area contributed by atoms with E-state index in [2.05, 4.69) is 52.0 Å². The molecule has 0 fully saturated rings. The van der Waals surface area contributed by atoms with Gasteiger partial charge in [-0.05, 0) is 45.4 Å². The number of carbonyl (C=O) groups is 1. The smallest absolute Gasteiger partial charge is 0.224 e. The van der Waals surface area contributed by atoms with Gasteiger partial charge in [-0.3, -0.25) is 9.48 Å². The molecule has 1 unspecified atom stereocenters. The molecule has 0 spiro atoms. The number of hydrogen-bond acceptors (Lipinski definition) is 2. The summed E-state index contributed by atoms with van der Waals surface area (Å²) in [6.45, 7) is 15.8. The number of amides is 1. The van der Waals surface area contributed by atoms with E-state index in [1.807, 2.05) is 11.6 Å². The molecule has 1 aromatic heterocycles. The molecule has 1 heterocycles. The molecular weight excluding hydrogens is 274 g/mol. The Kier molecular flexibility index (Phi) is 7.11. The molecule has 4 heteroatoms. The summed E-state index contributed by atoms with van der Waals surface area (Å²) in [5.41, 5.74) is 3.17. The first-order chi connectivity index (χ1) is 10.2. The van der Waals surface area contributed by atoms with Crippen LogP contribution in [0.3, 0.4) is 0 Å². The van der Waals surface area contributed by atoms with Crippen LogP contribution in [-0.4, -0.2) is 21.7 Å². The van der Waals surface area contributed by atoms with E-state index < -0.39 is 0 Å². The van der Waals surface area contributed by atoms with Crippen molar-refractivity contribution in [2.24, 2.45) is 11.8 Å². The van der Waals surface area contributed by atoms with E-state index in [9.17, 15) is 4.79 Å². The van der Waals surface area contributed by atoms with Crippen molar-refractivity contribution in [3.05, 3.63) is 17.0 Å². The van der Waals surface area contributed by atoms with Crippen LogP contribution in [0.1, 0.15) is 64.4 Å². The van der Waals surface area contributed by atoms with Gasteiger partial charge in [0.15, 0.2) is 0 Å². The van der Waals surface area contributed by atoms with Gasteiger partial charge in [-0.25, -0.2) is 0 Å². The predicted molar refractivity (Wildman–Crippen MR) is 91.9 cm³/mol. The van der Waals surface area contributed by atoms with Gasteiger partial charge in [-0.15, -0.1) is 0 Å². The van der Waals surface area contributed by atoms with Gasteiger partial charge in [0.05, 0.1) is 12.1 Å². The molecule has 1 aromatic rings. The summed E-state index contributed by atoms with van der Waals surface area (Å²) < 4.78 is 2.03. The quantitative estimate of drug-likeness (QED) is 0.797. The van der Waals surface area contributed by atoms with Crippen LogP contribution in [-0.2, 0) is 17.8 Å². The van der Waals surface area contributed by atoms with Crippen LogP contribution in [0.5, 0.6) is 0 Å². The molecule has 0 aliphatic carbocycles. The molecular formula is C18H33N3O. The van der Waals surface area contributed by atoms with Gasteiger partial charge in [0, 0.05) is 23.8 Å². The van der Waals surface area contributed by atoms with Gasteiger partial charge in [-0.1, -0.05) is 27.7 Å². The lowest BCUT2D eigenvalue weighted by Gasteiger charge is -2.15. The first kappa shape index (κ1) is 18.7. The minimum Gasteiger partial charge on any atom is -0.353 e. The highest BCUT2D eigenvalue weighted by molar-refractivity contribution is 5.79. The molecule has 1 N–H and O–H groups in total. The lowest BCUT2D eigenvalue weighted by molar-refractivity contribution is -0.121. The Labute approximate surface area is 135 Å². The van der Waals surface area contributed by atoms with E-state index in [1.54, 1.807) is 0 Å². The monoisotopic (exact) mass is 307 g/mol. The van der Waals surface area contributed by atoms with E-state index in [4.69, 9.17) is 0 Å². The average Bonchev–Trinajstić information content (AvgIpc) is 2.63. The minimum absolute atomic E-state index is 0.103. The fourth-order valence-corrected chi connectivity index (χ4v) is 2.66. The minimum atomic E-state index is 0.103. The van der Waals surface area contributed by atoms with E-state index in [0.717, 1.165) is 36.3 Å². The average molecular weight is 307 g/mol. The van der Waals surface area contributed by atoms with Gasteiger partial charge < -0.3 is 5.32 Å². The van der Waals surface area contributed by atoms with Gasteiger partial charge in [0.1, 0.15) is 0 Å². The number of aromatic nitrogens is 2. The maximum atomic E-state index is 12.3. The van der Waals surface area contributed by atoms with Crippen molar-refractivity contribution in [1.29, 1.82) is 0 Å². The summed E-state index contributed by atoms with van der Waals surface area (Å²) in [6, 6.07) is 0.237. The van der Waals surface area contributed by atoms with Crippen LogP contribution in [0.25, 0.3) is 0 Å². The Morgan fingerprint density at radius 2 is 1.73 bits per heavy atom. The van der Waals surface area contributed by atoms with E-state index in [-0.39, 0.29) is 11.9 Å². The van der Waals surface area contributed by atoms with Crippen LogP contribution in [0.4, 0.5) is 0 Å². The second kappa shape index (κ2) is 8.35. The first-order valence-corrected chi connectivity index (χ1v) is 8.52. The van der Waals surface area contributed by atoms with Crippen molar-refractivity contribution < 1.29 is 4.79 Å². The van der Waals surface area contributed by atoms with Crippen molar-refractivity contribution in [3.8, 4) is 0 Å². The van der Waals surface area contributed by atoms with Gasteiger partial charge in [0.2, 0.25) is 5.91 Å². The number of carbonyl (C=O) groups excluding carboxylic acids is 1.